The van der Waals surface area contributed by atoms with Crippen molar-refractivity contribution in [3.63, 3.8) is 0 Å². The fraction of sp³-hybridized carbons (Fsp3) is 0.923. The van der Waals surface area contributed by atoms with Crippen LogP contribution in [0.5, 0.6) is 0 Å². The molecule has 0 aromatic carbocycles. The minimum absolute atomic E-state index is 0.0515. The Morgan fingerprint density at radius 1 is 1.27 bits per heavy atom. The summed E-state index contributed by atoms with van der Waals surface area (Å²) in [4.78, 5) is 11.2. The van der Waals surface area contributed by atoms with Crippen LogP contribution >= 0.6 is 0 Å². The minimum Gasteiger partial charge on any atom is -0.481 e. The summed E-state index contributed by atoms with van der Waals surface area (Å²) in [6.45, 7) is 2.19. The van der Waals surface area contributed by atoms with Crippen LogP contribution in [0.3, 0.4) is 0 Å². The van der Waals surface area contributed by atoms with Crippen molar-refractivity contribution in [3.8, 4) is 0 Å². The van der Waals surface area contributed by atoms with Crippen molar-refractivity contribution in [1.29, 1.82) is 0 Å². The summed E-state index contributed by atoms with van der Waals surface area (Å²) in [6, 6.07) is 0. The SMILES string of the molecule is CCCCCCC(C(=O)O)C1CCCC1. The zero-order valence-corrected chi connectivity index (χ0v) is 9.87. The van der Waals surface area contributed by atoms with E-state index in [4.69, 9.17) is 0 Å². The van der Waals surface area contributed by atoms with Crippen molar-refractivity contribution in [2.75, 3.05) is 0 Å². The second-order valence-corrected chi connectivity index (χ2v) is 4.84. The van der Waals surface area contributed by atoms with Crippen LogP contribution < -0.4 is 0 Å². The first-order chi connectivity index (χ1) is 7.25. The van der Waals surface area contributed by atoms with E-state index in [0.717, 1.165) is 25.7 Å². The number of carboxylic acids is 1. The van der Waals surface area contributed by atoms with Gasteiger partial charge in [-0.2, -0.15) is 0 Å². The molecule has 1 aliphatic rings. The monoisotopic (exact) mass is 212 g/mol. The molecule has 2 nitrogen and oxygen atoms in total. The van der Waals surface area contributed by atoms with Crippen LogP contribution in [-0.4, -0.2) is 11.1 Å². The first-order valence-corrected chi connectivity index (χ1v) is 6.48. The Balaban J connectivity index is 2.27. The van der Waals surface area contributed by atoms with Crippen LogP contribution in [0.4, 0.5) is 0 Å². The Hall–Kier alpha value is -0.530. The Kier molecular flexibility index (Phi) is 5.74. The molecule has 1 N–H and O–H groups in total. The van der Waals surface area contributed by atoms with E-state index >= 15 is 0 Å². The molecular formula is C13H24O2. The van der Waals surface area contributed by atoms with Crippen molar-refractivity contribution in [2.45, 2.75) is 64.7 Å². The van der Waals surface area contributed by atoms with E-state index in [1.807, 2.05) is 0 Å². The van der Waals surface area contributed by atoms with Crippen molar-refractivity contribution in [2.24, 2.45) is 11.8 Å². The van der Waals surface area contributed by atoms with E-state index in [9.17, 15) is 9.90 Å². The van der Waals surface area contributed by atoms with Gasteiger partial charge in [-0.25, -0.2) is 0 Å². The third-order valence-corrected chi connectivity index (χ3v) is 3.65. The molecule has 0 aromatic heterocycles. The van der Waals surface area contributed by atoms with Gasteiger partial charge >= 0.3 is 5.97 Å². The summed E-state index contributed by atoms with van der Waals surface area (Å²) in [6.07, 6.45) is 10.4. The van der Waals surface area contributed by atoms with Gasteiger partial charge in [-0.3, -0.25) is 4.79 Å². The predicted molar refractivity (Wildman–Crippen MR) is 61.8 cm³/mol. The first-order valence-electron chi connectivity index (χ1n) is 6.48. The highest BCUT2D eigenvalue weighted by Gasteiger charge is 2.29. The Labute approximate surface area is 93.1 Å². The standard InChI is InChI=1S/C13H24O2/c1-2-3-4-5-10-12(13(14)15)11-8-6-7-9-11/h11-12H,2-10H2,1H3,(H,14,15). The van der Waals surface area contributed by atoms with Crippen molar-refractivity contribution in [3.05, 3.63) is 0 Å². The van der Waals surface area contributed by atoms with E-state index in [2.05, 4.69) is 6.92 Å². The molecular weight excluding hydrogens is 188 g/mol. The number of rotatable bonds is 7. The number of aliphatic carboxylic acids is 1. The van der Waals surface area contributed by atoms with Crippen LogP contribution in [0.15, 0.2) is 0 Å². The average Bonchev–Trinajstić information content (AvgIpc) is 2.70. The fourth-order valence-electron chi connectivity index (χ4n) is 2.71. The molecule has 1 rings (SSSR count). The van der Waals surface area contributed by atoms with Gasteiger partial charge in [0, 0.05) is 0 Å². The largest absolute Gasteiger partial charge is 0.481 e. The van der Waals surface area contributed by atoms with Crippen LogP contribution in [0, 0.1) is 11.8 Å². The van der Waals surface area contributed by atoms with Gasteiger partial charge in [0.2, 0.25) is 0 Å². The molecule has 1 fully saturated rings. The summed E-state index contributed by atoms with van der Waals surface area (Å²) >= 11 is 0. The quantitative estimate of drug-likeness (QED) is 0.651. The number of carboxylic acid groups (broad SMARTS) is 1. The lowest BCUT2D eigenvalue weighted by Crippen LogP contribution is -2.21. The van der Waals surface area contributed by atoms with Crippen LogP contribution in [0.25, 0.3) is 0 Å². The van der Waals surface area contributed by atoms with Crippen LogP contribution in [0.2, 0.25) is 0 Å². The average molecular weight is 212 g/mol. The summed E-state index contributed by atoms with van der Waals surface area (Å²) in [5.74, 6) is -0.133. The second-order valence-electron chi connectivity index (χ2n) is 4.84. The number of unbranched alkanes of at least 4 members (excludes halogenated alkanes) is 3. The van der Waals surface area contributed by atoms with Gasteiger partial charge in [0.15, 0.2) is 0 Å². The van der Waals surface area contributed by atoms with Gasteiger partial charge in [0.05, 0.1) is 5.92 Å². The minimum atomic E-state index is -0.557. The normalized spacial score (nSPS) is 19.3. The highest BCUT2D eigenvalue weighted by atomic mass is 16.4. The fourth-order valence-corrected chi connectivity index (χ4v) is 2.71. The first kappa shape index (κ1) is 12.5. The van der Waals surface area contributed by atoms with Crippen molar-refractivity contribution < 1.29 is 9.90 Å². The van der Waals surface area contributed by atoms with Gasteiger partial charge in [-0.1, -0.05) is 45.4 Å². The molecule has 1 saturated carbocycles. The molecule has 0 spiro atoms. The van der Waals surface area contributed by atoms with E-state index in [-0.39, 0.29) is 5.92 Å². The maximum Gasteiger partial charge on any atom is 0.306 e. The lowest BCUT2D eigenvalue weighted by Gasteiger charge is -2.18. The zero-order chi connectivity index (χ0) is 11.1. The summed E-state index contributed by atoms with van der Waals surface area (Å²) in [7, 11) is 0. The van der Waals surface area contributed by atoms with E-state index in [1.54, 1.807) is 0 Å². The van der Waals surface area contributed by atoms with Gasteiger partial charge in [-0.15, -0.1) is 0 Å². The second kappa shape index (κ2) is 6.86. The molecule has 15 heavy (non-hydrogen) atoms. The lowest BCUT2D eigenvalue weighted by atomic mass is 9.86. The number of hydrogen-bond acceptors (Lipinski definition) is 1. The Morgan fingerprint density at radius 2 is 1.93 bits per heavy atom. The molecule has 0 aromatic rings. The molecule has 0 radical (unpaired) electrons. The highest BCUT2D eigenvalue weighted by molar-refractivity contribution is 5.70. The molecule has 1 aliphatic carbocycles. The van der Waals surface area contributed by atoms with E-state index in [1.165, 1.54) is 32.1 Å². The van der Waals surface area contributed by atoms with Gasteiger partial charge in [-0.05, 0) is 25.2 Å². The maximum atomic E-state index is 11.2. The van der Waals surface area contributed by atoms with Crippen LogP contribution in [0.1, 0.15) is 64.7 Å². The van der Waals surface area contributed by atoms with Crippen molar-refractivity contribution in [1.82, 2.24) is 0 Å². The van der Waals surface area contributed by atoms with Gasteiger partial charge < -0.3 is 5.11 Å². The highest BCUT2D eigenvalue weighted by Crippen LogP contribution is 2.34. The molecule has 0 aliphatic heterocycles. The maximum absolute atomic E-state index is 11.2. The topological polar surface area (TPSA) is 37.3 Å². The van der Waals surface area contributed by atoms with Crippen molar-refractivity contribution >= 4 is 5.97 Å². The molecule has 0 heterocycles. The summed E-state index contributed by atoms with van der Waals surface area (Å²) < 4.78 is 0. The third-order valence-electron chi connectivity index (χ3n) is 3.65. The van der Waals surface area contributed by atoms with E-state index < -0.39 is 5.97 Å². The van der Waals surface area contributed by atoms with Crippen LogP contribution in [-0.2, 0) is 4.79 Å². The molecule has 88 valence electrons. The number of carbonyl (C=O) groups is 1. The van der Waals surface area contributed by atoms with Gasteiger partial charge in [0.25, 0.3) is 0 Å². The van der Waals surface area contributed by atoms with E-state index in [0.29, 0.717) is 5.92 Å². The Morgan fingerprint density at radius 3 is 2.47 bits per heavy atom. The summed E-state index contributed by atoms with van der Waals surface area (Å²) in [5, 5.41) is 9.19. The predicted octanol–water partition coefficient (Wildman–Crippen LogP) is 3.85. The molecule has 2 heteroatoms. The molecule has 0 saturated heterocycles. The smallest absolute Gasteiger partial charge is 0.306 e. The molecule has 0 amide bonds. The lowest BCUT2D eigenvalue weighted by molar-refractivity contribution is -0.144. The Bertz CT molecular complexity index is 183. The zero-order valence-electron chi connectivity index (χ0n) is 9.87. The number of hydrogen-bond donors (Lipinski definition) is 1. The molecule has 1 unspecified atom stereocenters. The molecule has 0 bridgehead atoms. The van der Waals surface area contributed by atoms with Gasteiger partial charge in [0.1, 0.15) is 0 Å². The third kappa shape index (κ3) is 4.23. The molecule has 1 atom stereocenters. The summed E-state index contributed by atoms with van der Waals surface area (Å²) in [5.41, 5.74) is 0.